The Bertz CT molecular complexity index is 421. The molecule has 0 N–H and O–H groups in total. The van der Waals surface area contributed by atoms with Crippen molar-refractivity contribution in [2.45, 2.75) is 26.2 Å². The number of ether oxygens (including phenoxy) is 2. The quantitative estimate of drug-likeness (QED) is 0.753. The van der Waals surface area contributed by atoms with Crippen LogP contribution in [0.25, 0.3) is 0 Å². The second-order valence-electron chi connectivity index (χ2n) is 3.74. The van der Waals surface area contributed by atoms with E-state index in [0.29, 0.717) is 36.1 Å². The first-order valence-corrected chi connectivity index (χ1v) is 6.55. The topological polar surface area (TPSA) is 35.5 Å². The van der Waals surface area contributed by atoms with E-state index >= 15 is 0 Å². The Kier molecular flexibility index (Phi) is 6.12. The van der Waals surface area contributed by atoms with Crippen molar-refractivity contribution in [2.75, 3.05) is 13.7 Å². The lowest BCUT2D eigenvalue weighted by Crippen LogP contribution is -2.04. The fourth-order valence-electron chi connectivity index (χ4n) is 1.68. The number of methoxy groups -OCH3 is 1. The van der Waals surface area contributed by atoms with Crippen molar-refractivity contribution in [3.8, 4) is 5.75 Å². The summed E-state index contributed by atoms with van der Waals surface area (Å²) >= 11 is 3.25. The summed E-state index contributed by atoms with van der Waals surface area (Å²) in [7, 11) is 1.53. The minimum absolute atomic E-state index is 0.230. The van der Waals surface area contributed by atoms with E-state index in [1.807, 2.05) is 0 Å². The second kappa shape index (κ2) is 7.36. The molecule has 0 saturated carbocycles. The van der Waals surface area contributed by atoms with Gasteiger partial charge in [0, 0.05) is 6.42 Å². The van der Waals surface area contributed by atoms with Gasteiger partial charge in [-0.1, -0.05) is 0 Å². The van der Waals surface area contributed by atoms with E-state index in [1.165, 1.54) is 19.2 Å². The fourth-order valence-corrected chi connectivity index (χ4v) is 2.32. The number of esters is 1. The van der Waals surface area contributed by atoms with Gasteiger partial charge in [0.15, 0.2) is 0 Å². The average molecular weight is 319 g/mol. The summed E-state index contributed by atoms with van der Waals surface area (Å²) in [5, 5.41) is 0. The summed E-state index contributed by atoms with van der Waals surface area (Å²) in [6.45, 7) is 2.15. The van der Waals surface area contributed by atoms with E-state index in [1.54, 1.807) is 6.92 Å². The highest BCUT2D eigenvalue weighted by Crippen LogP contribution is 2.31. The first-order valence-electron chi connectivity index (χ1n) is 5.76. The van der Waals surface area contributed by atoms with Gasteiger partial charge in [0.25, 0.3) is 0 Å². The number of hydrogen-bond donors (Lipinski definition) is 0. The van der Waals surface area contributed by atoms with Crippen LogP contribution in [0.15, 0.2) is 16.6 Å². The highest BCUT2D eigenvalue weighted by atomic mass is 79.9. The molecule has 0 aliphatic rings. The van der Waals surface area contributed by atoms with Crippen LogP contribution in [0.2, 0.25) is 0 Å². The zero-order chi connectivity index (χ0) is 13.5. The minimum Gasteiger partial charge on any atom is -0.495 e. The lowest BCUT2D eigenvalue weighted by molar-refractivity contribution is -0.143. The first kappa shape index (κ1) is 15.0. The number of halogens is 2. The highest BCUT2D eigenvalue weighted by molar-refractivity contribution is 9.10. The van der Waals surface area contributed by atoms with Crippen molar-refractivity contribution < 1.29 is 18.7 Å². The van der Waals surface area contributed by atoms with Crippen molar-refractivity contribution in [2.24, 2.45) is 0 Å². The molecule has 0 spiro atoms. The molecular weight excluding hydrogens is 303 g/mol. The minimum atomic E-state index is -0.325. The molecule has 0 atom stereocenters. The van der Waals surface area contributed by atoms with E-state index in [0.717, 1.165) is 5.56 Å². The maximum absolute atomic E-state index is 13.3. The van der Waals surface area contributed by atoms with Crippen molar-refractivity contribution in [3.63, 3.8) is 0 Å². The molecule has 0 aromatic heterocycles. The predicted octanol–water partition coefficient (Wildman–Crippen LogP) is 3.48. The maximum atomic E-state index is 13.3. The SMILES string of the molecule is CCOC(=O)CCCc1cc(F)cc(Br)c1OC. The maximum Gasteiger partial charge on any atom is 0.305 e. The molecule has 0 fully saturated rings. The van der Waals surface area contributed by atoms with Crippen LogP contribution in [0.5, 0.6) is 5.75 Å². The summed E-state index contributed by atoms with van der Waals surface area (Å²) in [5.41, 5.74) is 0.744. The summed E-state index contributed by atoms with van der Waals surface area (Å²) in [6, 6.07) is 2.78. The molecule has 100 valence electrons. The Morgan fingerprint density at radius 1 is 1.44 bits per heavy atom. The average Bonchev–Trinajstić information content (AvgIpc) is 2.28. The Morgan fingerprint density at radius 3 is 2.78 bits per heavy atom. The zero-order valence-corrected chi connectivity index (χ0v) is 12.0. The van der Waals surface area contributed by atoms with Gasteiger partial charge in [-0.15, -0.1) is 0 Å². The summed E-state index contributed by atoms with van der Waals surface area (Å²) in [6.07, 6.45) is 1.49. The lowest BCUT2D eigenvalue weighted by atomic mass is 10.1. The van der Waals surface area contributed by atoms with Gasteiger partial charge in [0.1, 0.15) is 11.6 Å². The molecule has 3 nitrogen and oxygen atoms in total. The molecule has 0 heterocycles. The van der Waals surface area contributed by atoms with Crippen LogP contribution >= 0.6 is 15.9 Å². The molecule has 18 heavy (non-hydrogen) atoms. The molecule has 0 unspecified atom stereocenters. The molecule has 1 rings (SSSR count). The number of rotatable bonds is 6. The van der Waals surface area contributed by atoms with Crippen LogP contribution in [0.4, 0.5) is 4.39 Å². The van der Waals surface area contributed by atoms with Crippen molar-refractivity contribution in [3.05, 3.63) is 28.0 Å². The van der Waals surface area contributed by atoms with Gasteiger partial charge in [0.2, 0.25) is 0 Å². The standard InChI is InChI=1S/C13H16BrFO3/c1-3-18-12(16)6-4-5-9-7-10(15)8-11(14)13(9)17-2/h7-8H,3-6H2,1-2H3. The first-order chi connectivity index (χ1) is 8.58. The van der Waals surface area contributed by atoms with Gasteiger partial charge in [-0.2, -0.15) is 0 Å². The Balaban J connectivity index is 2.64. The molecule has 1 aromatic carbocycles. The van der Waals surface area contributed by atoms with Crippen LogP contribution in [-0.2, 0) is 16.0 Å². The van der Waals surface area contributed by atoms with E-state index in [2.05, 4.69) is 15.9 Å². The lowest BCUT2D eigenvalue weighted by Gasteiger charge is -2.10. The van der Waals surface area contributed by atoms with E-state index in [4.69, 9.17) is 9.47 Å². The van der Waals surface area contributed by atoms with Gasteiger partial charge in [-0.3, -0.25) is 4.79 Å². The Labute approximate surface area is 114 Å². The van der Waals surface area contributed by atoms with Crippen LogP contribution in [0, 0.1) is 5.82 Å². The van der Waals surface area contributed by atoms with Crippen LogP contribution in [-0.4, -0.2) is 19.7 Å². The third-order valence-corrected chi connectivity index (χ3v) is 3.01. The number of benzene rings is 1. The zero-order valence-electron chi connectivity index (χ0n) is 10.5. The summed E-state index contributed by atoms with van der Waals surface area (Å²) in [4.78, 5) is 11.2. The van der Waals surface area contributed by atoms with E-state index in [9.17, 15) is 9.18 Å². The highest BCUT2D eigenvalue weighted by Gasteiger charge is 2.11. The molecule has 0 saturated heterocycles. The van der Waals surface area contributed by atoms with Gasteiger partial charge < -0.3 is 9.47 Å². The van der Waals surface area contributed by atoms with Crippen LogP contribution < -0.4 is 4.74 Å². The van der Waals surface area contributed by atoms with Gasteiger partial charge >= 0.3 is 5.97 Å². The second-order valence-corrected chi connectivity index (χ2v) is 4.59. The number of carbonyl (C=O) groups excluding carboxylic acids is 1. The monoisotopic (exact) mass is 318 g/mol. The molecule has 0 bridgehead atoms. The number of carbonyl (C=O) groups is 1. The number of hydrogen-bond acceptors (Lipinski definition) is 3. The van der Waals surface area contributed by atoms with Gasteiger partial charge in [0.05, 0.1) is 18.2 Å². The molecular formula is C13H16BrFO3. The Morgan fingerprint density at radius 2 is 2.17 bits per heavy atom. The third kappa shape index (κ3) is 4.29. The van der Waals surface area contributed by atoms with E-state index < -0.39 is 0 Å². The predicted molar refractivity (Wildman–Crippen MR) is 70.2 cm³/mol. The van der Waals surface area contributed by atoms with Gasteiger partial charge in [-0.05, 0) is 53.4 Å². The largest absolute Gasteiger partial charge is 0.495 e. The van der Waals surface area contributed by atoms with Crippen LogP contribution in [0.1, 0.15) is 25.3 Å². The molecule has 5 heteroatoms. The molecule has 0 radical (unpaired) electrons. The van der Waals surface area contributed by atoms with Crippen molar-refractivity contribution in [1.82, 2.24) is 0 Å². The van der Waals surface area contributed by atoms with Crippen LogP contribution in [0.3, 0.4) is 0 Å². The van der Waals surface area contributed by atoms with E-state index in [-0.39, 0.29) is 11.8 Å². The summed E-state index contributed by atoms with van der Waals surface area (Å²) < 4.78 is 23.9. The molecule has 0 aliphatic carbocycles. The number of aryl methyl sites for hydroxylation is 1. The van der Waals surface area contributed by atoms with Gasteiger partial charge in [-0.25, -0.2) is 4.39 Å². The Hall–Kier alpha value is -1.10. The molecule has 0 aliphatic heterocycles. The molecule has 1 aromatic rings. The molecule has 0 amide bonds. The fraction of sp³-hybridized carbons (Fsp3) is 0.462. The normalized spacial score (nSPS) is 10.2. The smallest absolute Gasteiger partial charge is 0.305 e. The van der Waals surface area contributed by atoms with Crippen molar-refractivity contribution in [1.29, 1.82) is 0 Å². The third-order valence-electron chi connectivity index (χ3n) is 2.42. The summed E-state index contributed by atoms with van der Waals surface area (Å²) in [5.74, 6) is 0.0565. The van der Waals surface area contributed by atoms with Crippen molar-refractivity contribution >= 4 is 21.9 Å².